The topological polar surface area (TPSA) is 76.2 Å². The van der Waals surface area contributed by atoms with Crippen LogP contribution in [0.4, 0.5) is 5.69 Å². The van der Waals surface area contributed by atoms with Gasteiger partial charge in [0.1, 0.15) is 0 Å². The molecule has 0 aromatic heterocycles. The molecule has 0 aliphatic heterocycles. The van der Waals surface area contributed by atoms with Gasteiger partial charge in [0.25, 0.3) is 0 Å². The second kappa shape index (κ2) is 7.51. The number of hydrogen-bond acceptors (Lipinski definition) is 4. The normalized spacial score (nSPS) is 9.78. The molecule has 0 amide bonds. The standard InChI is InChI=1S/C12H13ClN2O3/c13-6-2-1-3-7-18-12-5-4-10(9-14)8-11(12)15(16)17/h4-5,8H,1-3,6-7H2. The predicted molar refractivity (Wildman–Crippen MR) is 67.9 cm³/mol. The van der Waals surface area contributed by atoms with Gasteiger partial charge in [-0.05, 0) is 31.4 Å². The maximum absolute atomic E-state index is 10.8. The summed E-state index contributed by atoms with van der Waals surface area (Å²) in [5.74, 6) is 0.807. The van der Waals surface area contributed by atoms with Crippen molar-refractivity contribution in [2.45, 2.75) is 19.3 Å². The number of ether oxygens (including phenoxy) is 1. The second-order valence-electron chi connectivity index (χ2n) is 3.65. The maximum Gasteiger partial charge on any atom is 0.312 e. The van der Waals surface area contributed by atoms with Crippen LogP contribution in [-0.4, -0.2) is 17.4 Å². The number of unbranched alkanes of at least 4 members (excludes halogenated alkanes) is 2. The molecule has 18 heavy (non-hydrogen) atoms. The smallest absolute Gasteiger partial charge is 0.312 e. The average Bonchev–Trinajstić information content (AvgIpc) is 2.38. The maximum atomic E-state index is 10.8. The van der Waals surface area contributed by atoms with Crippen LogP contribution in [0.1, 0.15) is 24.8 Å². The number of nitro benzene ring substituents is 1. The molecule has 0 spiro atoms. The Morgan fingerprint density at radius 3 is 2.78 bits per heavy atom. The minimum absolute atomic E-state index is 0.175. The van der Waals surface area contributed by atoms with Gasteiger partial charge in [-0.3, -0.25) is 10.1 Å². The van der Waals surface area contributed by atoms with Crippen LogP contribution in [0.15, 0.2) is 18.2 Å². The molecule has 6 heteroatoms. The summed E-state index contributed by atoms with van der Waals surface area (Å²) in [6, 6.07) is 6.03. The van der Waals surface area contributed by atoms with Crippen LogP contribution < -0.4 is 4.74 Å². The number of benzene rings is 1. The third-order valence-electron chi connectivity index (χ3n) is 2.32. The monoisotopic (exact) mass is 268 g/mol. The second-order valence-corrected chi connectivity index (χ2v) is 4.03. The highest BCUT2D eigenvalue weighted by molar-refractivity contribution is 6.17. The predicted octanol–water partition coefficient (Wildman–Crippen LogP) is 3.25. The van der Waals surface area contributed by atoms with Crippen molar-refractivity contribution in [2.24, 2.45) is 0 Å². The Bertz CT molecular complexity index is 457. The number of halogens is 1. The molecule has 0 bridgehead atoms. The summed E-state index contributed by atoms with van der Waals surface area (Å²) in [7, 11) is 0. The van der Waals surface area contributed by atoms with Crippen LogP contribution >= 0.6 is 11.6 Å². The molecule has 1 aromatic rings. The lowest BCUT2D eigenvalue weighted by molar-refractivity contribution is -0.385. The fourth-order valence-electron chi connectivity index (χ4n) is 1.41. The van der Waals surface area contributed by atoms with E-state index >= 15 is 0 Å². The average molecular weight is 269 g/mol. The summed E-state index contributed by atoms with van der Waals surface area (Å²) in [4.78, 5) is 10.3. The molecular weight excluding hydrogens is 256 g/mol. The van der Waals surface area contributed by atoms with E-state index in [1.807, 2.05) is 6.07 Å². The minimum Gasteiger partial charge on any atom is -0.487 e. The van der Waals surface area contributed by atoms with E-state index in [0.29, 0.717) is 12.5 Å². The zero-order chi connectivity index (χ0) is 13.4. The van der Waals surface area contributed by atoms with E-state index in [2.05, 4.69) is 0 Å². The van der Waals surface area contributed by atoms with Gasteiger partial charge in [-0.15, -0.1) is 11.6 Å². The van der Waals surface area contributed by atoms with E-state index in [1.54, 1.807) is 0 Å². The van der Waals surface area contributed by atoms with Crippen molar-refractivity contribution in [3.63, 3.8) is 0 Å². The van der Waals surface area contributed by atoms with Gasteiger partial charge in [0, 0.05) is 11.9 Å². The van der Waals surface area contributed by atoms with Crippen LogP contribution in [0.2, 0.25) is 0 Å². The highest BCUT2D eigenvalue weighted by atomic mass is 35.5. The third kappa shape index (κ3) is 4.22. The van der Waals surface area contributed by atoms with E-state index in [-0.39, 0.29) is 17.0 Å². The fraction of sp³-hybridized carbons (Fsp3) is 0.417. The highest BCUT2D eigenvalue weighted by Gasteiger charge is 2.15. The first-order chi connectivity index (χ1) is 8.69. The molecule has 0 radical (unpaired) electrons. The molecule has 1 rings (SSSR count). The van der Waals surface area contributed by atoms with Gasteiger partial charge in [0.15, 0.2) is 5.75 Å². The summed E-state index contributed by atoms with van der Waals surface area (Å²) in [6.07, 6.45) is 2.62. The zero-order valence-electron chi connectivity index (χ0n) is 9.76. The largest absolute Gasteiger partial charge is 0.487 e. The van der Waals surface area contributed by atoms with Crippen LogP contribution in [0.3, 0.4) is 0 Å². The van der Waals surface area contributed by atoms with Crippen molar-refractivity contribution >= 4 is 17.3 Å². The third-order valence-corrected chi connectivity index (χ3v) is 2.59. The molecule has 5 nitrogen and oxygen atoms in total. The van der Waals surface area contributed by atoms with E-state index in [0.717, 1.165) is 19.3 Å². The lowest BCUT2D eigenvalue weighted by Crippen LogP contribution is -2.01. The first-order valence-corrected chi connectivity index (χ1v) is 6.09. The molecular formula is C12H13ClN2O3. The lowest BCUT2D eigenvalue weighted by Gasteiger charge is -2.06. The number of nitro groups is 1. The van der Waals surface area contributed by atoms with Crippen molar-refractivity contribution < 1.29 is 9.66 Å². The summed E-state index contributed by atoms with van der Waals surface area (Å²) in [6.45, 7) is 0.406. The van der Waals surface area contributed by atoms with Gasteiger partial charge in [-0.1, -0.05) is 0 Å². The summed E-state index contributed by atoms with van der Waals surface area (Å²) in [5, 5.41) is 19.5. The molecule has 1 aromatic carbocycles. The van der Waals surface area contributed by atoms with E-state index in [1.165, 1.54) is 18.2 Å². The van der Waals surface area contributed by atoms with Crippen LogP contribution in [0.25, 0.3) is 0 Å². The molecule has 0 saturated heterocycles. The molecule has 0 unspecified atom stereocenters. The summed E-state index contributed by atoms with van der Waals surface area (Å²) >= 11 is 5.54. The lowest BCUT2D eigenvalue weighted by atomic mass is 10.2. The molecule has 0 fully saturated rings. The van der Waals surface area contributed by atoms with E-state index < -0.39 is 4.92 Å². The first-order valence-electron chi connectivity index (χ1n) is 5.56. The number of rotatable bonds is 7. The Morgan fingerprint density at radius 2 is 2.17 bits per heavy atom. The van der Waals surface area contributed by atoms with Crippen molar-refractivity contribution in [3.8, 4) is 11.8 Å². The number of nitriles is 1. The summed E-state index contributed by atoms with van der Waals surface area (Å²) < 4.78 is 5.35. The van der Waals surface area contributed by atoms with Crippen molar-refractivity contribution in [3.05, 3.63) is 33.9 Å². The first kappa shape index (κ1) is 14.3. The Kier molecular flexibility index (Phi) is 5.95. The SMILES string of the molecule is N#Cc1ccc(OCCCCCCl)c([N+](=O)[O-])c1. The zero-order valence-corrected chi connectivity index (χ0v) is 10.5. The van der Waals surface area contributed by atoms with Gasteiger partial charge in [-0.25, -0.2) is 0 Å². The van der Waals surface area contributed by atoms with Crippen LogP contribution in [0, 0.1) is 21.4 Å². The van der Waals surface area contributed by atoms with E-state index in [9.17, 15) is 10.1 Å². The molecule has 0 heterocycles. The fourth-order valence-corrected chi connectivity index (χ4v) is 1.60. The Hall–Kier alpha value is -1.80. The molecule has 0 aliphatic carbocycles. The molecule has 0 aliphatic rings. The van der Waals surface area contributed by atoms with Crippen molar-refractivity contribution in [2.75, 3.05) is 12.5 Å². The quantitative estimate of drug-likeness (QED) is 0.329. The molecule has 0 saturated carbocycles. The van der Waals surface area contributed by atoms with Crippen molar-refractivity contribution in [1.29, 1.82) is 5.26 Å². The summed E-state index contributed by atoms with van der Waals surface area (Å²) in [5.41, 5.74) is 0.0718. The number of hydrogen-bond donors (Lipinski definition) is 0. The van der Waals surface area contributed by atoms with Crippen LogP contribution in [0.5, 0.6) is 5.75 Å². The van der Waals surface area contributed by atoms with Crippen LogP contribution in [-0.2, 0) is 0 Å². The minimum atomic E-state index is -0.547. The highest BCUT2D eigenvalue weighted by Crippen LogP contribution is 2.27. The number of alkyl halides is 1. The Balaban J connectivity index is 2.65. The van der Waals surface area contributed by atoms with Gasteiger partial charge < -0.3 is 4.74 Å². The van der Waals surface area contributed by atoms with Gasteiger partial charge in [0.2, 0.25) is 0 Å². The van der Waals surface area contributed by atoms with Gasteiger partial charge in [-0.2, -0.15) is 5.26 Å². The number of nitrogens with zero attached hydrogens (tertiary/aromatic N) is 2. The molecule has 0 atom stereocenters. The molecule has 96 valence electrons. The van der Waals surface area contributed by atoms with Gasteiger partial charge >= 0.3 is 5.69 Å². The Morgan fingerprint density at radius 1 is 1.39 bits per heavy atom. The van der Waals surface area contributed by atoms with Crippen molar-refractivity contribution in [1.82, 2.24) is 0 Å². The molecule has 0 N–H and O–H groups in total. The van der Waals surface area contributed by atoms with E-state index in [4.69, 9.17) is 21.6 Å². The van der Waals surface area contributed by atoms with Gasteiger partial charge in [0.05, 0.1) is 23.2 Å². The Labute approximate surface area is 110 Å².